The summed E-state index contributed by atoms with van der Waals surface area (Å²) < 4.78 is 0.616. The van der Waals surface area contributed by atoms with E-state index < -0.39 is 0 Å². The minimum absolute atomic E-state index is 0.121. The molecule has 76 valence electrons. The molecule has 0 aromatic heterocycles. The summed E-state index contributed by atoms with van der Waals surface area (Å²) in [5, 5.41) is 0. The van der Waals surface area contributed by atoms with Crippen LogP contribution in [-0.4, -0.2) is 11.6 Å². The minimum atomic E-state index is -0.306. The summed E-state index contributed by atoms with van der Waals surface area (Å²) in [6.45, 7) is 5.72. The molecule has 0 N–H and O–H groups in total. The number of carbonyl (C=O) groups is 2. The number of allylic oxidation sites excluding steroid dienone is 4. The number of carbonyl (C=O) groups excluding carboxylic acids is 2. The van der Waals surface area contributed by atoms with Crippen molar-refractivity contribution >= 4 is 43.4 Å². The number of hydrogen-bond acceptors (Lipinski definition) is 2. The fraction of sp³-hybridized carbons (Fsp3) is 0.400. The first-order valence-electron chi connectivity index (χ1n) is 4.11. The van der Waals surface area contributed by atoms with E-state index in [-0.39, 0.29) is 17.0 Å². The highest BCUT2D eigenvalue weighted by Gasteiger charge is 2.32. The van der Waals surface area contributed by atoms with Crippen molar-refractivity contribution in [2.24, 2.45) is 5.41 Å². The monoisotopic (exact) mass is 320 g/mol. The zero-order valence-electron chi connectivity index (χ0n) is 8.15. The van der Waals surface area contributed by atoms with Crippen LogP contribution >= 0.6 is 31.9 Å². The fourth-order valence-corrected chi connectivity index (χ4v) is 1.85. The van der Waals surface area contributed by atoms with Gasteiger partial charge in [0.15, 0.2) is 11.6 Å². The van der Waals surface area contributed by atoms with E-state index in [2.05, 4.69) is 31.9 Å². The maximum atomic E-state index is 11.8. The molecule has 14 heavy (non-hydrogen) atoms. The van der Waals surface area contributed by atoms with Gasteiger partial charge in [0.05, 0.1) is 8.96 Å². The normalized spacial score (nSPS) is 18.8. The third kappa shape index (κ3) is 2.06. The third-order valence-electron chi connectivity index (χ3n) is 1.94. The van der Waals surface area contributed by atoms with Crippen molar-refractivity contribution in [1.82, 2.24) is 0 Å². The molecule has 1 aliphatic rings. The zero-order valence-corrected chi connectivity index (χ0v) is 11.3. The molecule has 4 heteroatoms. The highest BCUT2D eigenvalue weighted by atomic mass is 79.9. The molecular weight excluding hydrogens is 312 g/mol. The van der Waals surface area contributed by atoms with Crippen molar-refractivity contribution in [3.63, 3.8) is 0 Å². The Balaban J connectivity index is 3.24. The van der Waals surface area contributed by atoms with Crippen LogP contribution in [-0.2, 0) is 9.59 Å². The largest absolute Gasteiger partial charge is 0.289 e. The van der Waals surface area contributed by atoms with Gasteiger partial charge in [0.25, 0.3) is 0 Å². The number of ketones is 2. The molecule has 0 radical (unpaired) electrons. The molecule has 0 aliphatic heterocycles. The second-order valence-electron chi connectivity index (χ2n) is 4.13. The third-order valence-corrected chi connectivity index (χ3v) is 4.01. The summed E-state index contributed by atoms with van der Waals surface area (Å²) in [5.74, 6) is -0.287. The molecule has 0 fully saturated rings. The first-order valence-corrected chi connectivity index (χ1v) is 5.70. The van der Waals surface area contributed by atoms with Crippen LogP contribution in [0, 0.1) is 5.41 Å². The van der Waals surface area contributed by atoms with Crippen LogP contribution in [0.15, 0.2) is 20.6 Å². The Morgan fingerprint density at radius 3 is 2.00 bits per heavy atom. The molecule has 0 spiro atoms. The van der Waals surface area contributed by atoms with Gasteiger partial charge in [-0.2, -0.15) is 0 Å². The van der Waals surface area contributed by atoms with Crippen LogP contribution in [0.5, 0.6) is 0 Å². The van der Waals surface area contributed by atoms with Crippen molar-refractivity contribution in [1.29, 1.82) is 0 Å². The van der Waals surface area contributed by atoms with Gasteiger partial charge in [-0.15, -0.1) is 0 Å². The van der Waals surface area contributed by atoms with Crippen molar-refractivity contribution in [3.8, 4) is 0 Å². The van der Waals surface area contributed by atoms with Gasteiger partial charge < -0.3 is 0 Å². The molecule has 1 rings (SSSR count). The summed E-state index contributed by atoms with van der Waals surface area (Å²) in [6.07, 6.45) is 1.40. The van der Waals surface area contributed by atoms with E-state index in [1.54, 1.807) is 0 Å². The number of hydrogen-bond donors (Lipinski definition) is 0. The fourth-order valence-electron chi connectivity index (χ4n) is 1.14. The lowest BCUT2D eigenvalue weighted by Gasteiger charge is -2.24. The average molecular weight is 322 g/mol. The Bertz CT molecular complexity index is 370. The van der Waals surface area contributed by atoms with Crippen molar-refractivity contribution < 1.29 is 9.59 Å². The predicted octanol–water partition coefficient (Wildman–Crippen LogP) is 3.11. The quantitative estimate of drug-likeness (QED) is 0.642. The first kappa shape index (κ1) is 11.9. The predicted molar refractivity (Wildman–Crippen MR) is 62.4 cm³/mol. The van der Waals surface area contributed by atoms with E-state index in [0.717, 1.165) is 0 Å². The van der Waals surface area contributed by atoms with Crippen LogP contribution in [0.4, 0.5) is 0 Å². The lowest BCUT2D eigenvalue weighted by Crippen LogP contribution is -2.23. The Morgan fingerprint density at radius 1 is 1.07 bits per heavy atom. The smallest absolute Gasteiger partial charge is 0.197 e. The van der Waals surface area contributed by atoms with E-state index in [4.69, 9.17) is 0 Å². The highest BCUT2D eigenvalue weighted by Crippen LogP contribution is 2.35. The van der Waals surface area contributed by atoms with Gasteiger partial charge in [-0.25, -0.2) is 0 Å². The molecule has 2 nitrogen and oxygen atoms in total. The molecule has 0 heterocycles. The van der Waals surface area contributed by atoms with Crippen LogP contribution in [0.25, 0.3) is 0 Å². The van der Waals surface area contributed by atoms with Gasteiger partial charge in [0, 0.05) is 5.57 Å². The number of Topliss-reactive ketones (excluding diaryl/α,β-unsaturated/α-hetero) is 1. The maximum Gasteiger partial charge on any atom is 0.197 e. The van der Waals surface area contributed by atoms with Gasteiger partial charge in [0.2, 0.25) is 0 Å². The lowest BCUT2D eigenvalue weighted by molar-refractivity contribution is -0.115. The molecule has 0 saturated heterocycles. The summed E-state index contributed by atoms with van der Waals surface area (Å²) in [4.78, 5) is 23.2. The SMILES string of the molecule is CC(C)(C)C1=CC(=O)C(Br)=C(Br)C1=O. The minimum Gasteiger partial charge on any atom is -0.289 e. The Morgan fingerprint density at radius 2 is 1.57 bits per heavy atom. The standard InChI is InChI=1S/C10H10Br2O2/c1-10(2,3)5-4-6(13)7(11)8(12)9(5)14/h4H,1-3H3. The molecular formula is C10H10Br2O2. The van der Waals surface area contributed by atoms with Crippen LogP contribution in [0.3, 0.4) is 0 Å². The van der Waals surface area contributed by atoms with Crippen LogP contribution < -0.4 is 0 Å². The van der Waals surface area contributed by atoms with Gasteiger partial charge in [-0.1, -0.05) is 20.8 Å². The average Bonchev–Trinajstić information content (AvgIpc) is 2.06. The molecule has 0 amide bonds. The summed E-state index contributed by atoms with van der Waals surface area (Å²) in [6, 6.07) is 0. The van der Waals surface area contributed by atoms with Crippen molar-refractivity contribution in [2.45, 2.75) is 20.8 Å². The second-order valence-corrected chi connectivity index (χ2v) is 5.72. The topological polar surface area (TPSA) is 34.1 Å². The van der Waals surface area contributed by atoms with E-state index in [1.165, 1.54) is 6.08 Å². The zero-order chi connectivity index (χ0) is 11.1. The first-order chi connectivity index (χ1) is 6.25. The second kappa shape index (κ2) is 3.74. The maximum absolute atomic E-state index is 11.8. The summed E-state index contributed by atoms with van der Waals surface area (Å²) >= 11 is 6.19. The molecule has 0 bridgehead atoms. The lowest BCUT2D eigenvalue weighted by atomic mass is 9.81. The Hall–Kier alpha value is -0.220. The molecule has 0 unspecified atom stereocenters. The Labute approximate surface area is 99.7 Å². The van der Waals surface area contributed by atoms with E-state index >= 15 is 0 Å². The van der Waals surface area contributed by atoms with Crippen LogP contribution in [0.1, 0.15) is 20.8 Å². The van der Waals surface area contributed by atoms with Crippen molar-refractivity contribution in [2.75, 3.05) is 0 Å². The highest BCUT2D eigenvalue weighted by molar-refractivity contribution is 9.14. The molecule has 0 saturated carbocycles. The molecule has 0 aromatic rings. The van der Waals surface area contributed by atoms with Crippen molar-refractivity contribution in [3.05, 3.63) is 20.6 Å². The molecule has 1 aliphatic carbocycles. The van der Waals surface area contributed by atoms with Gasteiger partial charge in [-0.05, 0) is 43.4 Å². The molecule has 0 atom stereocenters. The van der Waals surface area contributed by atoms with Gasteiger partial charge in [0.1, 0.15) is 0 Å². The number of rotatable bonds is 0. The Kier molecular flexibility index (Phi) is 3.17. The summed E-state index contributed by atoms with van der Waals surface area (Å²) in [7, 11) is 0. The van der Waals surface area contributed by atoms with E-state index in [1.807, 2.05) is 20.8 Å². The van der Waals surface area contributed by atoms with Gasteiger partial charge in [-0.3, -0.25) is 9.59 Å². The number of halogens is 2. The van der Waals surface area contributed by atoms with Crippen LogP contribution in [0.2, 0.25) is 0 Å². The van der Waals surface area contributed by atoms with E-state index in [0.29, 0.717) is 14.5 Å². The summed E-state index contributed by atoms with van der Waals surface area (Å²) in [5.41, 5.74) is 0.233. The van der Waals surface area contributed by atoms with E-state index in [9.17, 15) is 9.59 Å². The molecule has 0 aromatic carbocycles. The van der Waals surface area contributed by atoms with Gasteiger partial charge >= 0.3 is 0 Å².